The molecule has 1 heterocycles. The third-order valence-corrected chi connectivity index (χ3v) is 4.09. The molecule has 0 aromatic heterocycles. The van der Waals surface area contributed by atoms with Gasteiger partial charge in [0.2, 0.25) is 11.8 Å². The van der Waals surface area contributed by atoms with Crippen molar-refractivity contribution in [2.24, 2.45) is 11.7 Å². The first-order valence-corrected chi connectivity index (χ1v) is 7.43. The lowest BCUT2D eigenvalue weighted by molar-refractivity contribution is -0.145. The summed E-state index contributed by atoms with van der Waals surface area (Å²) in [5.74, 6) is -0.265. The summed E-state index contributed by atoms with van der Waals surface area (Å²) in [7, 11) is 0. The quantitative estimate of drug-likeness (QED) is 0.690. The fourth-order valence-corrected chi connectivity index (χ4v) is 2.69. The maximum atomic E-state index is 12.1. The molecule has 1 saturated heterocycles. The predicted molar refractivity (Wildman–Crippen MR) is 80.1 cm³/mol. The van der Waals surface area contributed by atoms with E-state index in [0.717, 1.165) is 19.4 Å². The first kappa shape index (κ1) is 17.1. The number of carbonyl (C=O) groups is 2. The third kappa shape index (κ3) is 4.03. The first-order valence-electron chi connectivity index (χ1n) is 7.43. The van der Waals surface area contributed by atoms with Crippen molar-refractivity contribution in [3.63, 3.8) is 0 Å². The minimum absolute atomic E-state index is 0.0167. The summed E-state index contributed by atoms with van der Waals surface area (Å²) in [6.07, 6.45) is 1.98. The van der Waals surface area contributed by atoms with Gasteiger partial charge in [0.1, 0.15) is 0 Å². The Hall–Kier alpha value is -0.940. The molecule has 1 atom stereocenters. The van der Waals surface area contributed by atoms with Crippen LogP contribution in [0.5, 0.6) is 0 Å². The van der Waals surface area contributed by atoms with E-state index in [1.54, 1.807) is 0 Å². The molecule has 20 heavy (non-hydrogen) atoms. The highest BCUT2D eigenvalue weighted by atomic mass is 16.2. The van der Waals surface area contributed by atoms with Crippen molar-refractivity contribution in [3.05, 3.63) is 0 Å². The molecular weight excluding hydrogens is 254 g/mol. The Kier molecular flexibility index (Phi) is 5.33. The summed E-state index contributed by atoms with van der Waals surface area (Å²) in [5.41, 5.74) is 5.13. The van der Waals surface area contributed by atoms with Gasteiger partial charge in [-0.25, -0.2) is 0 Å². The van der Waals surface area contributed by atoms with Gasteiger partial charge in [0.15, 0.2) is 0 Å². The minimum atomic E-state index is -0.440. The van der Waals surface area contributed by atoms with Crippen molar-refractivity contribution in [1.82, 2.24) is 10.2 Å². The molecule has 0 bridgehead atoms. The lowest BCUT2D eigenvalue weighted by Crippen LogP contribution is -2.50. The van der Waals surface area contributed by atoms with Crippen molar-refractivity contribution in [2.45, 2.75) is 65.0 Å². The van der Waals surface area contributed by atoms with E-state index < -0.39 is 5.54 Å². The van der Waals surface area contributed by atoms with Crippen LogP contribution in [0, 0.1) is 5.92 Å². The van der Waals surface area contributed by atoms with E-state index in [4.69, 9.17) is 5.73 Å². The number of hydrogen-bond acceptors (Lipinski definition) is 4. The molecule has 0 radical (unpaired) electrons. The number of likely N-dealkylation sites (tertiary alicyclic amines) is 1. The molecule has 3 N–H and O–H groups in total. The van der Waals surface area contributed by atoms with Gasteiger partial charge in [0, 0.05) is 23.4 Å². The number of imide groups is 1. The molecule has 0 aromatic carbocycles. The number of hydrogen-bond donors (Lipinski definition) is 2. The van der Waals surface area contributed by atoms with E-state index in [1.165, 1.54) is 4.90 Å². The number of amides is 2. The van der Waals surface area contributed by atoms with E-state index >= 15 is 0 Å². The lowest BCUT2D eigenvalue weighted by Gasteiger charge is -2.36. The van der Waals surface area contributed by atoms with Gasteiger partial charge in [-0.1, -0.05) is 6.92 Å². The van der Waals surface area contributed by atoms with E-state index in [2.05, 4.69) is 19.2 Å². The van der Waals surface area contributed by atoms with Crippen LogP contribution in [0.4, 0.5) is 0 Å². The van der Waals surface area contributed by atoms with Crippen molar-refractivity contribution in [1.29, 1.82) is 0 Å². The molecule has 0 aliphatic carbocycles. The van der Waals surface area contributed by atoms with Crippen LogP contribution in [0.1, 0.15) is 53.9 Å². The molecule has 0 aromatic rings. The molecule has 5 heteroatoms. The van der Waals surface area contributed by atoms with Gasteiger partial charge in [-0.15, -0.1) is 0 Å². The van der Waals surface area contributed by atoms with Gasteiger partial charge >= 0.3 is 0 Å². The fraction of sp³-hybridized carbons (Fsp3) is 0.867. The van der Waals surface area contributed by atoms with Crippen molar-refractivity contribution in [2.75, 3.05) is 13.1 Å². The summed E-state index contributed by atoms with van der Waals surface area (Å²) < 4.78 is 0. The van der Waals surface area contributed by atoms with Crippen LogP contribution in [0.3, 0.4) is 0 Å². The normalized spacial score (nSPS) is 20.9. The highest BCUT2D eigenvalue weighted by Crippen LogP contribution is 2.29. The highest BCUT2D eigenvalue weighted by molar-refractivity contribution is 6.04. The first-order chi connectivity index (χ1) is 9.10. The minimum Gasteiger partial charge on any atom is -0.330 e. The standard InChI is InChI=1S/C15H29N3O2/c1-11-10-12(19)18(13(11)20)15(4,5)7-9-17-14(2,3)6-8-16/h11,17H,6-10,16H2,1-5H3. The lowest BCUT2D eigenvalue weighted by atomic mass is 9.95. The molecule has 1 aliphatic rings. The van der Waals surface area contributed by atoms with Crippen LogP contribution in [-0.4, -0.2) is 40.9 Å². The predicted octanol–water partition coefficient (Wildman–Crippen LogP) is 1.27. The summed E-state index contributed by atoms with van der Waals surface area (Å²) >= 11 is 0. The SMILES string of the molecule is CC1CC(=O)N(C(C)(C)CCNC(C)(C)CCN)C1=O. The third-order valence-electron chi connectivity index (χ3n) is 4.09. The number of nitrogens with zero attached hydrogens (tertiary/aromatic N) is 1. The number of nitrogens with two attached hydrogens (primary N) is 1. The maximum absolute atomic E-state index is 12.1. The molecule has 116 valence electrons. The summed E-state index contributed by atoms with van der Waals surface area (Å²) in [6.45, 7) is 11.4. The van der Waals surface area contributed by atoms with Crippen LogP contribution >= 0.6 is 0 Å². The smallest absolute Gasteiger partial charge is 0.233 e. The molecule has 0 saturated carbocycles. The van der Waals surface area contributed by atoms with Crippen molar-refractivity contribution >= 4 is 11.8 Å². The molecule has 1 unspecified atom stereocenters. The van der Waals surface area contributed by atoms with Crippen LogP contribution in [0.25, 0.3) is 0 Å². The number of carbonyl (C=O) groups excluding carboxylic acids is 2. The second kappa shape index (κ2) is 6.22. The van der Waals surface area contributed by atoms with Gasteiger partial charge in [-0.3, -0.25) is 14.5 Å². The Balaban J connectivity index is 2.58. The molecule has 0 spiro atoms. The molecule has 5 nitrogen and oxygen atoms in total. The molecule has 1 fully saturated rings. The molecule has 2 amide bonds. The van der Waals surface area contributed by atoms with E-state index in [-0.39, 0.29) is 23.3 Å². The van der Waals surface area contributed by atoms with E-state index in [1.807, 2.05) is 20.8 Å². The zero-order chi connectivity index (χ0) is 15.6. The van der Waals surface area contributed by atoms with Gasteiger partial charge in [0.25, 0.3) is 0 Å². The van der Waals surface area contributed by atoms with Gasteiger partial charge in [0.05, 0.1) is 0 Å². The Morgan fingerprint density at radius 3 is 2.30 bits per heavy atom. The van der Waals surface area contributed by atoms with Crippen LogP contribution in [0.2, 0.25) is 0 Å². The summed E-state index contributed by atoms with van der Waals surface area (Å²) in [5, 5.41) is 3.45. The number of nitrogens with one attached hydrogen (secondary N) is 1. The average molecular weight is 283 g/mol. The van der Waals surface area contributed by atoms with E-state index in [0.29, 0.717) is 13.0 Å². The molecular formula is C15H29N3O2. The van der Waals surface area contributed by atoms with Gasteiger partial charge in [-0.05, 0) is 53.6 Å². The Labute approximate surface area is 122 Å². The average Bonchev–Trinajstić information content (AvgIpc) is 2.52. The van der Waals surface area contributed by atoms with Crippen LogP contribution in [-0.2, 0) is 9.59 Å². The zero-order valence-corrected chi connectivity index (χ0v) is 13.5. The fourth-order valence-electron chi connectivity index (χ4n) is 2.69. The highest BCUT2D eigenvalue weighted by Gasteiger charge is 2.43. The Morgan fingerprint density at radius 1 is 1.25 bits per heavy atom. The second-order valence-corrected chi connectivity index (χ2v) is 7.08. The van der Waals surface area contributed by atoms with Crippen LogP contribution < -0.4 is 11.1 Å². The Bertz CT molecular complexity index is 377. The van der Waals surface area contributed by atoms with Crippen molar-refractivity contribution in [3.8, 4) is 0 Å². The Morgan fingerprint density at radius 2 is 1.85 bits per heavy atom. The summed E-state index contributed by atoms with van der Waals surface area (Å²) in [6, 6.07) is 0. The molecule has 1 aliphatic heterocycles. The van der Waals surface area contributed by atoms with Gasteiger partial charge < -0.3 is 11.1 Å². The monoisotopic (exact) mass is 283 g/mol. The maximum Gasteiger partial charge on any atom is 0.233 e. The number of rotatable bonds is 7. The van der Waals surface area contributed by atoms with Crippen LogP contribution in [0.15, 0.2) is 0 Å². The van der Waals surface area contributed by atoms with Crippen molar-refractivity contribution < 1.29 is 9.59 Å². The second-order valence-electron chi connectivity index (χ2n) is 7.08. The largest absolute Gasteiger partial charge is 0.330 e. The summed E-state index contributed by atoms with van der Waals surface area (Å²) in [4.78, 5) is 25.5. The topological polar surface area (TPSA) is 75.4 Å². The van der Waals surface area contributed by atoms with Gasteiger partial charge in [-0.2, -0.15) is 0 Å². The molecule has 1 rings (SSSR count). The zero-order valence-electron chi connectivity index (χ0n) is 13.5. The van der Waals surface area contributed by atoms with E-state index in [9.17, 15) is 9.59 Å².